The summed E-state index contributed by atoms with van der Waals surface area (Å²) in [5, 5.41) is 7.72. The van der Waals surface area contributed by atoms with Crippen LogP contribution in [-0.4, -0.2) is 11.1 Å². The van der Waals surface area contributed by atoms with E-state index in [4.69, 9.17) is 5.11 Å². The van der Waals surface area contributed by atoms with Crippen LogP contribution in [0, 0.1) is 0 Å². The number of carboxylic acids is 1. The quantitative estimate of drug-likeness (QED) is 0.602. The summed E-state index contributed by atoms with van der Waals surface area (Å²) < 4.78 is 0. The van der Waals surface area contributed by atoms with Crippen molar-refractivity contribution < 1.29 is 9.90 Å². The van der Waals surface area contributed by atoms with Crippen molar-refractivity contribution in [1.29, 1.82) is 0 Å². The summed E-state index contributed by atoms with van der Waals surface area (Å²) in [6.45, 7) is 1.60. The van der Waals surface area contributed by atoms with E-state index in [2.05, 4.69) is 0 Å². The third kappa shape index (κ3) is 10.8. The van der Waals surface area contributed by atoms with Gasteiger partial charge in [-0.15, -0.1) is 0 Å². The molecule has 1 aliphatic rings. The molecule has 0 bridgehead atoms. The van der Waals surface area contributed by atoms with Crippen molar-refractivity contribution in [2.45, 2.75) is 39.0 Å². The van der Waals surface area contributed by atoms with Gasteiger partial charge in [0.25, 0.3) is 0 Å². The number of rotatable bonds is 1. The highest BCUT2D eigenvalue weighted by Gasteiger charge is 1.95. The zero-order chi connectivity index (χ0) is 7.11. The zero-order valence-corrected chi connectivity index (χ0v) is 8.01. The van der Waals surface area contributed by atoms with E-state index in [9.17, 15) is 4.79 Å². The molecule has 1 unspecified atom stereocenters. The van der Waals surface area contributed by atoms with Crippen LogP contribution in [-0.2, 0) is 4.79 Å². The monoisotopic (exact) mass is 164 g/mol. The van der Waals surface area contributed by atoms with Crippen LogP contribution in [0.4, 0.5) is 0 Å². The molecule has 1 N–H and O–H groups in total. The molecule has 1 aliphatic carbocycles. The van der Waals surface area contributed by atoms with Crippen LogP contribution in [0.25, 0.3) is 0 Å². The largest absolute Gasteiger partial charge is 0.481 e. The molecule has 0 radical (unpaired) electrons. The van der Waals surface area contributed by atoms with E-state index < -0.39 is 5.97 Å². The molecule has 0 heterocycles. The number of hydrogen-bond donors (Lipinski definition) is 1. The molecule has 1 fully saturated rings. The molecule has 0 aromatic carbocycles. The predicted octanol–water partition coefficient (Wildman–Crippen LogP) is 2.10. The van der Waals surface area contributed by atoms with E-state index in [0.29, 0.717) is 0 Å². The Hall–Kier alpha value is -0.100. The molecule has 0 saturated heterocycles. The van der Waals surface area contributed by atoms with Crippen LogP contribution < -0.4 is 0 Å². The Balaban J connectivity index is 0. The van der Waals surface area contributed by atoms with Gasteiger partial charge < -0.3 is 5.11 Å². The van der Waals surface area contributed by atoms with Gasteiger partial charge in [-0.25, -0.2) is 0 Å². The molecule has 0 aliphatic heterocycles. The van der Waals surface area contributed by atoms with Crippen LogP contribution in [0.5, 0.6) is 0 Å². The van der Waals surface area contributed by atoms with Crippen molar-refractivity contribution in [1.82, 2.24) is 0 Å². The summed E-state index contributed by atoms with van der Waals surface area (Å²) in [5.74, 6) is -0.745. The first-order chi connectivity index (χ1) is 4.27. The topological polar surface area (TPSA) is 37.3 Å². The average molecular weight is 164 g/mol. The van der Waals surface area contributed by atoms with Gasteiger partial charge in [0.1, 0.15) is 0 Å². The van der Waals surface area contributed by atoms with E-state index in [-0.39, 0.29) is 16.3 Å². The molecule has 3 heteroatoms. The Kier molecular flexibility index (Phi) is 11.2. The molecule has 0 amide bonds. The lowest BCUT2D eigenvalue weighted by Crippen LogP contribution is -1.86. The fraction of sp³-hybridized carbons (Fsp3) is 0.857. The highest BCUT2D eigenvalue weighted by atomic mass is 31.0. The maximum absolute atomic E-state index is 9.37. The number of hydrogen-bond acceptors (Lipinski definition) is 1. The minimum Gasteiger partial charge on any atom is -0.481 e. The van der Waals surface area contributed by atoms with Gasteiger partial charge in [0.15, 0.2) is 0 Å². The Morgan fingerprint density at radius 1 is 1.30 bits per heavy atom. The van der Waals surface area contributed by atoms with Crippen molar-refractivity contribution in [3.05, 3.63) is 0 Å². The Labute approximate surface area is 65.6 Å². The summed E-state index contributed by atoms with van der Waals surface area (Å²) in [4.78, 5) is 9.37. The number of aliphatic carboxylic acids is 1. The highest BCUT2D eigenvalue weighted by Crippen LogP contribution is 2.15. The maximum atomic E-state index is 9.37. The summed E-state index contributed by atoms with van der Waals surface area (Å²) in [7, 11) is 0. The fourth-order valence-electron chi connectivity index (χ4n) is 0.250. The van der Waals surface area contributed by atoms with Crippen molar-refractivity contribution in [3.8, 4) is 0 Å². The minimum absolute atomic E-state index is 0. The van der Waals surface area contributed by atoms with E-state index in [1.807, 2.05) is 0 Å². The molecule has 0 spiro atoms. The lowest BCUT2D eigenvalue weighted by molar-refractivity contribution is -0.136. The Morgan fingerprint density at radius 3 is 1.50 bits per heavy atom. The van der Waals surface area contributed by atoms with Crippen LogP contribution in [0.2, 0.25) is 0 Å². The summed E-state index contributed by atoms with van der Waals surface area (Å²) in [6.07, 6.45) is 6.22. The third-order valence-electron chi connectivity index (χ3n) is 1.30. The van der Waals surface area contributed by atoms with Crippen LogP contribution in [0.3, 0.4) is 0 Å². The van der Waals surface area contributed by atoms with Crippen LogP contribution >= 0.6 is 9.90 Å². The second-order valence-corrected chi connectivity index (χ2v) is 2.16. The van der Waals surface area contributed by atoms with Gasteiger partial charge >= 0.3 is 5.97 Å². The summed E-state index contributed by atoms with van der Waals surface area (Å²) in [6, 6.07) is 0. The predicted molar refractivity (Wildman–Crippen MR) is 47.5 cm³/mol. The maximum Gasteiger partial charge on any atom is 0.303 e. The summed E-state index contributed by atoms with van der Waals surface area (Å²) in [5.41, 5.74) is 0. The van der Waals surface area contributed by atoms with Gasteiger partial charge in [-0.1, -0.05) is 32.6 Å². The van der Waals surface area contributed by atoms with E-state index >= 15 is 0 Å². The zero-order valence-electron chi connectivity index (χ0n) is 6.60. The second kappa shape index (κ2) is 8.90. The molecule has 2 nitrogen and oxygen atoms in total. The first kappa shape index (κ1) is 12.6. The Bertz CT molecular complexity index is 75.7. The van der Waals surface area contributed by atoms with Gasteiger partial charge in [0, 0.05) is 6.42 Å². The lowest BCUT2D eigenvalue weighted by Gasteiger charge is -2.05. The molecular weight excluding hydrogens is 147 g/mol. The van der Waals surface area contributed by atoms with Crippen molar-refractivity contribution in [2.75, 3.05) is 0 Å². The highest BCUT2D eigenvalue weighted by molar-refractivity contribution is 6.92. The normalized spacial score (nSPS) is 13.3. The van der Waals surface area contributed by atoms with Gasteiger partial charge in [-0.3, -0.25) is 4.79 Å². The molecular formula is C7H17O2P. The van der Waals surface area contributed by atoms with Crippen molar-refractivity contribution in [3.63, 3.8) is 0 Å². The summed E-state index contributed by atoms with van der Waals surface area (Å²) >= 11 is 0. The molecule has 62 valence electrons. The Morgan fingerprint density at radius 2 is 1.50 bits per heavy atom. The lowest BCUT2D eigenvalue weighted by atomic mass is 10.0. The first-order valence-electron chi connectivity index (χ1n) is 3.49. The van der Waals surface area contributed by atoms with Crippen LogP contribution in [0.1, 0.15) is 39.0 Å². The smallest absolute Gasteiger partial charge is 0.303 e. The average Bonchev–Trinajstić information content (AvgIpc) is 1.61. The van der Waals surface area contributed by atoms with Gasteiger partial charge in [-0.05, 0) is 0 Å². The van der Waals surface area contributed by atoms with E-state index in [0.717, 1.165) is 0 Å². The molecule has 1 saturated carbocycles. The van der Waals surface area contributed by atoms with Crippen molar-refractivity contribution >= 4 is 15.9 Å². The van der Waals surface area contributed by atoms with E-state index in [1.165, 1.54) is 25.7 Å². The first-order valence-corrected chi connectivity index (χ1v) is 3.49. The number of carbonyl (C=O) groups is 1. The SMILES string of the molecule is C1CCC1.CCC(=O)O.P. The molecule has 10 heavy (non-hydrogen) atoms. The standard InChI is InChI=1S/C4H8.C3H6O2.H3P/c1-2-4-3-1;1-2-3(4)5;/h1-4H2;2H2,1H3,(H,4,5);1H3. The number of carboxylic acid groups (broad SMARTS) is 1. The fourth-order valence-corrected chi connectivity index (χ4v) is 0.250. The molecule has 0 aromatic rings. The van der Waals surface area contributed by atoms with Gasteiger partial charge in [0.05, 0.1) is 0 Å². The molecule has 1 atom stereocenters. The van der Waals surface area contributed by atoms with Gasteiger partial charge in [0.2, 0.25) is 0 Å². The van der Waals surface area contributed by atoms with Crippen molar-refractivity contribution in [2.24, 2.45) is 0 Å². The second-order valence-electron chi connectivity index (χ2n) is 2.16. The van der Waals surface area contributed by atoms with Crippen LogP contribution in [0.15, 0.2) is 0 Å². The van der Waals surface area contributed by atoms with Gasteiger partial charge in [-0.2, -0.15) is 9.90 Å². The minimum atomic E-state index is -0.745. The molecule has 0 aromatic heterocycles. The molecule has 1 rings (SSSR count). The third-order valence-corrected chi connectivity index (χ3v) is 1.30. The van der Waals surface area contributed by atoms with E-state index in [1.54, 1.807) is 6.92 Å².